The minimum absolute atomic E-state index is 0.172. The second kappa shape index (κ2) is 6.02. The van der Waals surface area contributed by atoms with Gasteiger partial charge in [-0.2, -0.15) is 0 Å². The van der Waals surface area contributed by atoms with Crippen molar-refractivity contribution >= 4 is 12.1 Å². The van der Waals surface area contributed by atoms with Crippen molar-refractivity contribution in [2.75, 3.05) is 14.2 Å². The summed E-state index contributed by atoms with van der Waals surface area (Å²) in [6.45, 7) is 0. The smallest absolute Gasteiger partial charge is 0.193 e. The van der Waals surface area contributed by atoms with Gasteiger partial charge >= 0.3 is 0 Å². The van der Waals surface area contributed by atoms with Gasteiger partial charge in [0.25, 0.3) is 0 Å². The maximum absolute atomic E-state index is 12.4. The van der Waals surface area contributed by atoms with Crippen molar-refractivity contribution in [2.24, 2.45) is 0 Å². The van der Waals surface area contributed by atoms with E-state index in [4.69, 9.17) is 9.47 Å². The standard InChI is InChI=1S/C16H14O4/c1-19-14-7-6-13(9-15(14)20-2)16(18)12-5-3-4-11(8-12)10-17/h3-10H,1-2H3. The number of hydrogen-bond donors (Lipinski definition) is 0. The van der Waals surface area contributed by atoms with E-state index in [9.17, 15) is 9.59 Å². The monoisotopic (exact) mass is 270 g/mol. The van der Waals surface area contributed by atoms with Crippen LogP contribution in [-0.2, 0) is 0 Å². The summed E-state index contributed by atoms with van der Waals surface area (Å²) in [5.74, 6) is 0.880. The van der Waals surface area contributed by atoms with E-state index in [1.807, 2.05) is 0 Å². The summed E-state index contributed by atoms with van der Waals surface area (Å²) in [5.41, 5.74) is 1.41. The first-order chi connectivity index (χ1) is 9.69. The highest BCUT2D eigenvalue weighted by Gasteiger charge is 2.13. The Kier molecular flexibility index (Phi) is 4.15. The fourth-order valence-corrected chi connectivity index (χ4v) is 1.90. The Balaban J connectivity index is 2.40. The van der Waals surface area contributed by atoms with Crippen LogP contribution in [0, 0.1) is 0 Å². The van der Waals surface area contributed by atoms with Crippen LogP contribution in [0.4, 0.5) is 0 Å². The van der Waals surface area contributed by atoms with Crippen molar-refractivity contribution in [2.45, 2.75) is 0 Å². The quantitative estimate of drug-likeness (QED) is 0.619. The molecule has 2 aromatic carbocycles. The molecule has 0 saturated carbocycles. The van der Waals surface area contributed by atoms with Crippen molar-refractivity contribution in [3.63, 3.8) is 0 Å². The molecule has 0 fully saturated rings. The van der Waals surface area contributed by atoms with E-state index >= 15 is 0 Å². The minimum atomic E-state index is -0.172. The maximum Gasteiger partial charge on any atom is 0.193 e. The summed E-state index contributed by atoms with van der Waals surface area (Å²) in [5, 5.41) is 0. The lowest BCUT2D eigenvalue weighted by atomic mass is 10.0. The van der Waals surface area contributed by atoms with Gasteiger partial charge in [0, 0.05) is 16.7 Å². The second-order valence-electron chi connectivity index (χ2n) is 4.14. The second-order valence-corrected chi connectivity index (χ2v) is 4.14. The molecule has 4 nitrogen and oxygen atoms in total. The molecule has 0 atom stereocenters. The zero-order chi connectivity index (χ0) is 14.5. The molecule has 4 heteroatoms. The fourth-order valence-electron chi connectivity index (χ4n) is 1.90. The predicted molar refractivity (Wildman–Crippen MR) is 74.8 cm³/mol. The van der Waals surface area contributed by atoms with Gasteiger partial charge in [0.15, 0.2) is 17.3 Å². The summed E-state index contributed by atoms with van der Waals surface area (Å²) < 4.78 is 10.3. The average Bonchev–Trinajstić information content (AvgIpc) is 2.53. The first-order valence-corrected chi connectivity index (χ1v) is 6.01. The van der Waals surface area contributed by atoms with Gasteiger partial charge in [0.1, 0.15) is 6.29 Å². The third-order valence-corrected chi connectivity index (χ3v) is 2.93. The van der Waals surface area contributed by atoms with Gasteiger partial charge in [-0.15, -0.1) is 0 Å². The zero-order valence-electron chi connectivity index (χ0n) is 11.3. The Bertz CT molecular complexity index is 647. The first-order valence-electron chi connectivity index (χ1n) is 6.01. The molecule has 0 amide bonds. The highest BCUT2D eigenvalue weighted by molar-refractivity contribution is 6.09. The molecule has 0 unspecified atom stereocenters. The molecule has 0 spiro atoms. The molecule has 0 bridgehead atoms. The van der Waals surface area contributed by atoms with Crippen LogP contribution in [0.5, 0.6) is 11.5 Å². The third kappa shape index (κ3) is 2.69. The van der Waals surface area contributed by atoms with Crippen molar-refractivity contribution in [1.82, 2.24) is 0 Å². The van der Waals surface area contributed by atoms with Crippen LogP contribution in [-0.4, -0.2) is 26.3 Å². The molecule has 0 heterocycles. The minimum Gasteiger partial charge on any atom is -0.493 e. The number of carbonyl (C=O) groups excluding carboxylic acids is 2. The number of ether oxygens (including phenoxy) is 2. The summed E-state index contributed by atoms with van der Waals surface area (Å²) in [7, 11) is 3.05. The largest absolute Gasteiger partial charge is 0.493 e. The van der Waals surface area contributed by atoms with Gasteiger partial charge in [-0.3, -0.25) is 9.59 Å². The maximum atomic E-state index is 12.4. The van der Waals surface area contributed by atoms with Gasteiger partial charge in [0.05, 0.1) is 14.2 Å². The van der Waals surface area contributed by atoms with Crippen LogP contribution in [0.15, 0.2) is 42.5 Å². The van der Waals surface area contributed by atoms with Crippen molar-refractivity contribution in [3.05, 3.63) is 59.2 Å². The average molecular weight is 270 g/mol. The molecule has 0 saturated heterocycles. The van der Waals surface area contributed by atoms with Crippen LogP contribution >= 0.6 is 0 Å². The van der Waals surface area contributed by atoms with Crippen LogP contribution in [0.25, 0.3) is 0 Å². The summed E-state index contributed by atoms with van der Waals surface area (Å²) in [6, 6.07) is 11.5. The van der Waals surface area contributed by atoms with Gasteiger partial charge in [0.2, 0.25) is 0 Å². The molecule has 0 aliphatic rings. The molecule has 20 heavy (non-hydrogen) atoms. The summed E-state index contributed by atoms with van der Waals surface area (Å²) in [4.78, 5) is 23.1. The molecular weight excluding hydrogens is 256 g/mol. The Morgan fingerprint density at radius 3 is 2.30 bits per heavy atom. The number of carbonyl (C=O) groups is 2. The molecule has 0 aromatic heterocycles. The first kappa shape index (κ1) is 13.8. The summed E-state index contributed by atoms with van der Waals surface area (Å²) in [6.07, 6.45) is 0.714. The van der Waals surface area contributed by atoms with Crippen molar-refractivity contribution in [1.29, 1.82) is 0 Å². The lowest BCUT2D eigenvalue weighted by Gasteiger charge is -2.09. The Morgan fingerprint density at radius 2 is 1.65 bits per heavy atom. The van der Waals surface area contributed by atoms with Gasteiger partial charge < -0.3 is 9.47 Å². The Morgan fingerprint density at radius 1 is 0.950 bits per heavy atom. The molecule has 2 rings (SSSR count). The molecule has 0 aliphatic heterocycles. The lowest BCUT2D eigenvalue weighted by Crippen LogP contribution is -2.03. The van der Waals surface area contributed by atoms with Crippen LogP contribution in [0.1, 0.15) is 26.3 Å². The van der Waals surface area contributed by atoms with Crippen molar-refractivity contribution < 1.29 is 19.1 Å². The summed E-state index contributed by atoms with van der Waals surface area (Å²) >= 11 is 0. The molecular formula is C16H14O4. The number of rotatable bonds is 5. The fraction of sp³-hybridized carbons (Fsp3) is 0.125. The molecule has 2 aromatic rings. The van der Waals surface area contributed by atoms with Gasteiger partial charge in [-0.1, -0.05) is 18.2 Å². The van der Waals surface area contributed by atoms with E-state index in [1.165, 1.54) is 14.2 Å². The van der Waals surface area contributed by atoms with Crippen LogP contribution in [0.2, 0.25) is 0 Å². The third-order valence-electron chi connectivity index (χ3n) is 2.93. The van der Waals surface area contributed by atoms with Crippen LogP contribution in [0.3, 0.4) is 0 Å². The zero-order valence-corrected chi connectivity index (χ0v) is 11.3. The number of methoxy groups -OCH3 is 2. The SMILES string of the molecule is COc1ccc(C(=O)c2cccc(C=O)c2)cc1OC. The lowest BCUT2D eigenvalue weighted by molar-refractivity contribution is 0.103. The topological polar surface area (TPSA) is 52.6 Å². The number of ketones is 1. The van der Waals surface area contributed by atoms with E-state index in [1.54, 1.807) is 42.5 Å². The van der Waals surface area contributed by atoms with E-state index < -0.39 is 0 Å². The number of benzene rings is 2. The Labute approximate surface area is 116 Å². The normalized spacial score (nSPS) is 9.90. The number of aldehydes is 1. The Hall–Kier alpha value is -2.62. The van der Waals surface area contributed by atoms with E-state index in [-0.39, 0.29) is 5.78 Å². The van der Waals surface area contributed by atoms with Gasteiger partial charge in [-0.25, -0.2) is 0 Å². The molecule has 0 aliphatic carbocycles. The van der Waals surface area contributed by atoms with E-state index in [2.05, 4.69) is 0 Å². The predicted octanol–water partition coefficient (Wildman–Crippen LogP) is 2.75. The molecule has 0 radical (unpaired) electrons. The van der Waals surface area contributed by atoms with E-state index in [0.717, 1.165) is 0 Å². The molecule has 0 N–H and O–H groups in total. The number of hydrogen-bond acceptors (Lipinski definition) is 4. The highest BCUT2D eigenvalue weighted by atomic mass is 16.5. The highest BCUT2D eigenvalue weighted by Crippen LogP contribution is 2.28. The molecule has 102 valence electrons. The van der Waals surface area contributed by atoms with Crippen molar-refractivity contribution in [3.8, 4) is 11.5 Å². The van der Waals surface area contributed by atoms with E-state index in [0.29, 0.717) is 34.5 Å². The van der Waals surface area contributed by atoms with Crippen LogP contribution < -0.4 is 9.47 Å². The van der Waals surface area contributed by atoms with Gasteiger partial charge in [-0.05, 0) is 24.3 Å².